The summed E-state index contributed by atoms with van der Waals surface area (Å²) in [6, 6.07) is 8.88. The van der Waals surface area contributed by atoms with Crippen LogP contribution in [0.3, 0.4) is 0 Å². The normalized spacial score (nSPS) is 16.8. The zero-order chi connectivity index (χ0) is 20.3. The molecule has 1 aromatic heterocycles. The number of benzene rings is 1. The van der Waals surface area contributed by atoms with Gasteiger partial charge in [-0.15, -0.1) is 0 Å². The van der Waals surface area contributed by atoms with Crippen molar-refractivity contribution < 1.29 is 4.79 Å². The highest BCUT2D eigenvalue weighted by Crippen LogP contribution is 2.22. The summed E-state index contributed by atoms with van der Waals surface area (Å²) < 4.78 is 2.68. The van der Waals surface area contributed by atoms with Gasteiger partial charge in [0.05, 0.1) is 5.92 Å². The van der Waals surface area contributed by atoms with E-state index in [0.717, 1.165) is 23.0 Å². The summed E-state index contributed by atoms with van der Waals surface area (Å²) in [5.74, 6) is 0.360. The van der Waals surface area contributed by atoms with E-state index in [9.17, 15) is 14.4 Å². The van der Waals surface area contributed by atoms with Gasteiger partial charge in [-0.2, -0.15) is 0 Å². The van der Waals surface area contributed by atoms with Crippen LogP contribution in [-0.4, -0.2) is 28.1 Å². The van der Waals surface area contributed by atoms with Crippen LogP contribution in [0.2, 0.25) is 5.02 Å². The van der Waals surface area contributed by atoms with E-state index in [1.165, 1.54) is 13.1 Å². The summed E-state index contributed by atoms with van der Waals surface area (Å²) in [4.78, 5) is 39.1. The number of amides is 1. The number of rotatable bonds is 5. The predicted molar refractivity (Wildman–Crippen MR) is 110 cm³/mol. The fourth-order valence-corrected chi connectivity index (χ4v) is 3.81. The molecule has 3 rings (SSSR count). The summed E-state index contributed by atoms with van der Waals surface area (Å²) in [6.07, 6.45) is 1.60. The maximum atomic E-state index is 12.7. The van der Waals surface area contributed by atoms with Crippen LogP contribution in [0.4, 0.5) is 5.82 Å². The monoisotopic (exact) mass is 404 g/mol. The van der Waals surface area contributed by atoms with E-state index in [0.29, 0.717) is 37.0 Å². The molecule has 8 heteroatoms. The summed E-state index contributed by atoms with van der Waals surface area (Å²) >= 11 is 5.99. The van der Waals surface area contributed by atoms with Gasteiger partial charge in [0.2, 0.25) is 5.91 Å². The van der Waals surface area contributed by atoms with Gasteiger partial charge in [-0.25, -0.2) is 4.79 Å². The number of hydrogen-bond acceptors (Lipinski definition) is 4. The highest BCUT2D eigenvalue weighted by atomic mass is 35.5. The predicted octanol–water partition coefficient (Wildman–Crippen LogP) is 1.75. The molecule has 7 nitrogen and oxygen atoms in total. The van der Waals surface area contributed by atoms with E-state index in [4.69, 9.17) is 11.6 Å². The van der Waals surface area contributed by atoms with Crippen molar-refractivity contribution >= 4 is 23.3 Å². The van der Waals surface area contributed by atoms with Gasteiger partial charge in [-0.05, 0) is 37.5 Å². The Morgan fingerprint density at radius 2 is 2.07 bits per heavy atom. The average molecular weight is 405 g/mol. The lowest BCUT2D eigenvalue weighted by Gasteiger charge is -2.34. The van der Waals surface area contributed by atoms with Gasteiger partial charge >= 0.3 is 5.69 Å². The minimum atomic E-state index is -0.336. The fourth-order valence-electron chi connectivity index (χ4n) is 3.60. The summed E-state index contributed by atoms with van der Waals surface area (Å²) in [5.41, 5.74) is 0.273. The lowest BCUT2D eigenvalue weighted by molar-refractivity contribution is -0.125. The topological polar surface area (TPSA) is 76.3 Å². The third kappa shape index (κ3) is 4.30. The van der Waals surface area contributed by atoms with Crippen LogP contribution in [0.5, 0.6) is 0 Å². The van der Waals surface area contributed by atoms with Crippen molar-refractivity contribution in [1.29, 1.82) is 0 Å². The zero-order valence-electron chi connectivity index (χ0n) is 16.2. The minimum Gasteiger partial charge on any atom is -0.357 e. The molecule has 0 aliphatic carbocycles. The molecule has 28 heavy (non-hydrogen) atoms. The highest BCUT2D eigenvalue weighted by molar-refractivity contribution is 6.30. The molecule has 2 heterocycles. The Morgan fingerprint density at radius 1 is 1.29 bits per heavy atom. The molecular formula is C20H25ClN4O3. The van der Waals surface area contributed by atoms with Gasteiger partial charge in [0.1, 0.15) is 5.82 Å². The van der Waals surface area contributed by atoms with E-state index >= 15 is 0 Å². The third-order valence-corrected chi connectivity index (χ3v) is 5.40. The SMILES string of the molecule is CCn1c(N2CCCC(C(=O)NCc3cccc(Cl)c3)C2)cc(=O)n(C)c1=O. The first kappa shape index (κ1) is 20.2. The van der Waals surface area contributed by atoms with Gasteiger partial charge in [-0.1, -0.05) is 23.7 Å². The molecule has 0 spiro atoms. The van der Waals surface area contributed by atoms with Gasteiger partial charge in [0, 0.05) is 44.3 Å². The Labute approximate surface area is 168 Å². The Kier molecular flexibility index (Phi) is 6.24. The number of carbonyl (C=O) groups excluding carboxylic acids is 1. The van der Waals surface area contributed by atoms with Crippen molar-refractivity contribution in [3.63, 3.8) is 0 Å². The first-order valence-corrected chi connectivity index (χ1v) is 9.86. The van der Waals surface area contributed by atoms with E-state index < -0.39 is 0 Å². The molecule has 1 amide bonds. The van der Waals surface area contributed by atoms with Gasteiger partial charge in [0.25, 0.3) is 5.56 Å². The van der Waals surface area contributed by atoms with Crippen LogP contribution in [-0.2, 0) is 24.9 Å². The van der Waals surface area contributed by atoms with Crippen LogP contribution in [0.15, 0.2) is 39.9 Å². The molecule has 1 aliphatic heterocycles. The standard InChI is InChI=1S/C20H25ClN4O3/c1-3-25-17(11-18(26)23(2)20(25)28)24-9-5-7-15(13-24)19(27)22-12-14-6-4-8-16(21)10-14/h4,6,8,10-11,15H,3,5,7,9,12-13H2,1-2H3,(H,22,27). The maximum absolute atomic E-state index is 12.7. The van der Waals surface area contributed by atoms with Crippen molar-refractivity contribution in [2.45, 2.75) is 32.9 Å². The quantitative estimate of drug-likeness (QED) is 0.823. The van der Waals surface area contributed by atoms with E-state index in [-0.39, 0.29) is 23.1 Å². The van der Waals surface area contributed by atoms with Crippen LogP contribution in [0.1, 0.15) is 25.3 Å². The largest absolute Gasteiger partial charge is 0.357 e. The van der Waals surface area contributed by atoms with Crippen molar-refractivity contribution in [3.05, 3.63) is 61.8 Å². The molecule has 2 aromatic rings. The summed E-state index contributed by atoms with van der Waals surface area (Å²) in [5, 5.41) is 3.61. The molecule has 1 atom stereocenters. The maximum Gasteiger partial charge on any atom is 0.332 e. The fraction of sp³-hybridized carbons (Fsp3) is 0.450. The van der Waals surface area contributed by atoms with Crippen molar-refractivity contribution in [3.8, 4) is 0 Å². The molecule has 1 unspecified atom stereocenters. The molecule has 0 radical (unpaired) electrons. The smallest absolute Gasteiger partial charge is 0.332 e. The van der Waals surface area contributed by atoms with Crippen molar-refractivity contribution in [2.24, 2.45) is 13.0 Å². The minimum absolute atomic E-state index is 0.0288. The van der Waals surface area contributed by atoms with Gasteiger partial charge < -0.3 is 10.2 Å². The average Bonchev–Trinajstić information content (AvgIpc) is 2.70. The van der Waals surface area contributed by atoms with E-state index in [1.54, 1.807) is 10.6 Å². The first-order chi connectivity index (χ1) is 13.4. The summed E-state index contributed by atoms with van der Waals surface area (Å²) in [7, 11) is 1.48. The van der Waals surface area contributed by atoms with Crippen molar-refractivity contribution in [1.82, 2.24) is 14.5 Å². The molecule has 150 valence electrons. The second-order valence-electron chi connectivity index (χ2n) is 7.06. The number of piperidine rings is 1. The highest BCUT2D eigenvalue weighted by Gasteiger charge is 2.27. The van der Waals surface area contributed by atoms with Crippen LogP contribution >= 0.6 is 11.6 Å². The molecule has 1 aromatic carbocycles. The Balaban J connectivity index is 1.73. The number of nitrogens with zero attached hydrogens (tertiary/aromatic N) is 3. The number of halogens is 1. The molecule has 0 saturated carbocycles. The number of nitrogens with one attached hydrogen (secondary N) is 1. The lowest BCUT2D eigenvalue weighted by atomic mass is 9.97. The number of anilines is 1. The molecular weight excluding hydrogens is 380 g/mol. The van der Waals surface area contributed by atoms with Gasteiger partial charge in [0.15, 0.2) is 0 Å². The summed E-state index contributed by atoms with van der Waals surface area (Å²) in [6.45, 7) is 3.94. The molecule has 1 aliphatic rings. The Bertz CT molecular complexity index is 982. The number of aromatic nitrogens is 2. The Morgan fingerprint density at radius 3 is 2.79 bits per heavy atom. The third-order valence-electron chi connectivity index (χ3n) is 5.17. The number of carbonyl (C=O) groups is 1. The number of hydrogen-bond donors (Lipinski definition) is 1. The molecule has 1 fully saturated rings. The molecule has 1 N–H and O–H groups in total. The van der Waals surface area contributed by atoms with Crippen LogP contribution in [0, 0.1) is 5.92 Å². The van der Waals surface area contributed by atoms with Crippen molar-refractivity contribution in [2.75, 3.05) is 18.0 Å². The second kappa shape index (κ2) is 8.65. The van der Waals surface area contributed by atoms with Crippen LogP contribution in [0.25, 0.3) is 0 Å². The molecule has 1 saturated heterocycles. The molecule has 0 bridgehead atoms. The van der Waals surface area contributed by atoms with E-state index in [1.807, 2.05) is 30.0 Å². The first-order valence-electron chi connectivity index (χ1n) is 9.48. The lowest BCUT2D eigenvalue weighted by Crippen LogP contribution is -2.47. The van der Waals surface area contributed by atoms with Crippen LogP contribution < -0.4 is 21.5 Å². The Hall–Kier alpha value is -2.54. The van der Waals surface area contributed by atoms with E-state index in [2.05, 4.69) is 5.32 Å². The zero-order valence-corrected chi connectivity index (χ0v) is 16.9. The second-order valence-corrected chi connectivity index (χ2v) is 7.50. The van der Waals surface area contributed by atoms with Gasteiger partial charge in [-0.3, -0.25) is 18.7 Å².